The fraction of sp³-hybridized carbons (Fsp3) is 0.389. The van der Waals surface area contributed by atoms with E-state index in [1.807, 2.05) is 5.38 Å². The zero-order chi connectivity index (χ0) is 20.0. The molecule has 0 aliphatic carbocycles. The van der Waals surface area contributed by atoms with Crippen molar-refractivity contribution in [3.63, 3.8) is 0 Å². The monoisotopic (exact) mass is 394 g/mol. The van der Waals surface area contributed by atoms with Crippen LogP contribution in [0.3, 0.4) is 0 Å². The van der Waals surface area contributed by atoms with E-state index in [-0.39, 0.29) is 6.54 Å². The summed E-state index contributed by atoms with van der Waals surface area (Å²) in [6.45, 7) is 5.21. The molecule has 27 heavy (non-hydrogen) atoms. The Bertz CT molecular complexity index is 812. The van der Waals surface area contributed by atoms with Crippen LogP contribution in [0.15, 0.2) is 23.6 Å². The summed E-state index contributed by atoms with van der Waals surface area (Å²) in [5.41, 5.74) is 0.859. The molecule has 0 unspecified atom stereocenters. The SMILES string of the molecule is COc1cc(OCC(=O)O)ccc1-c1csc(CNC(=O)OC(C)(C)C)n1. The number of nitrogens with one attached hydrogen (secondary N) is 1. The molecule has 8 nitrogen and oxygen atoms in total. The Hall–Kier alpha value is -2.81. The van der Waals surface area contributed by atoms with Crippen LogP contribution in [0.25, 0.3) is 11.3 Å². The van der Waals surface area contributed by atoms with Crippen LogP contribution < -0.4 is 14.8 Å². The standard InChI is InChI=1S/C18H22N2O6S/c1-18(2,3)26-17(23)19-8-15-20-13(10-27-15)12-6-5-11(7-14(12)24-4)25-9-16(21)22/h5-7,10H,8-9H2,1-4H3,(H,19,23)(H,21,22). The molecule has 9 heteroatoms. The van der Waals surface area contributed by atoms with Gasteiger partial charge in [-0.3, -0.25) is 0 Å². The number of thiazole rings is 1. The molecule has 146 valence electrons. The third kappa shape index (κ3) is 6.45. The number of hydrogen-bond acceptors (Lipinski definition) is 7. The van der Waals surface area contributed by atoms with Gasteiger partial charge in [0.2, 0.25) is 0 Å². The molecule has 2 N–H and O–H groups in total. The number of rotatable bonds is 7. The minimum atomic E-state index is -1.06. The van der Waals surface area contributed by atoms with E-state index in [1.54, 1.807) is 39.0 Å². The molecule has 1 aromatic carbocycles. The van der Waals surface area contributed by atoms with Crippen LogP contribution in [0.2, 0.25) is 0 Å². The Labute approximate surface area is 161 Å². The lowest BCUT2D eigenvalue weighted by atomic mass is 10.1. The van der Waals surface area contributed by atoms with Gasteiger partial charge in [0.15, 0.2) is 6.61 Å². The van der Waals surface area contributed by atoms with Crippen molar-refractivity contribution in [1.82, 2.24) is 10.3 Å². The average Bonchev–Trinajstić information content (AvgIpc) is 3.05. The van der Waals surface area contributed by atoms with Crippen molar-refractivity contribution in [1.29, 1.82) is 0 Å². The molecule has 0 aliphatic heterocycles. The van der Waals surface area contributed by atoms with Gasteiger partial charge in [0.25, 0.3) is 0 Å². The van der Waals surface area contributed by atoms with Crippen molar-refractivity contribution >= 4 is 23.4 Å². The third-order valence-corrected chi connectivity index (χ3v) is 3.99. The maximum Gasteiger partial charge on any atom is 0.408 e. The molecular weight excluding hydrogens is 372 g/mol. The van der Waals surface area contributed by atoms with E-state index < -0.39 is 24.3 Å². The Morgan fingerprint density at radius 1 is 1.30 bits per heavy atom. The van der Waals surface area contributed by atoms with Crippen LogP contribution in [0.1, 0.15) is 25.8 Å². The second-order valence-electron chi connectivity index (χ2n) is 6.53. The van der Waals surface area contributed by atoms with Crippen LogP contribution >= 0.6 is 11.3 Å². The van der Waals surface area contributed by atoms with E-state index in [0.29, 0.717) is 22.2 Å². The van der Waals surface area contributed by atoms with Gasteiger partial charge < -0.3 is 24.6 Å². The molecular formula is C18H22N2O6S. The Balaban J connectivity index is 2.06. The number of nitrogens with zero attached hydrogens (tertiary/aromatic N) is 1. The lowest BCUT2D eigenvalue weighted by Crippen LogP contribution is -2.32. The number of ether oxygens (including phenoxy) is 3. The van der Waals surface area contributed by atoms with Crippen LogP contribution in [0.5, 0.6) is 11.5 Å². The van der Waals surface area contributed by atoms with Gasteiger partial charge in [0.1, 0.15) is 22.1 Å². The van der Waals surface area contributed by atoms with E-state index in [0.717, 1.165) is 5.56 Å². The maximum atomic E-state index is 11.7. The number of alkyl carbamates (subject to hydrolysis) is 1. The molecule has 1 aromatic heterocycles. The van der Waals surface area contributed by atoms with Gasteiger partial charge in [-0.25, -0.2) is 14.6 Å². The van der Waals surface area contributed by atoms with E-state index >= 15 is 0 Å². The number of hydrogen-bond donors (Lipinski definition) is 2. The number of carboxylic acid groups (broad SMARTS) is 1. The fourth-order valence-corrected chi connectivity index (χ4v) is 2.83. The number of carbonyl (C=O) groups excluding carboxylic acids is 1. The molecule has 0 bridgehead atoms. The van der Waals surface area contributed by atoms with Gasteiger partial charge in [-0.2, -0.15) is 0 Å². The van der Waals surface area contributed by atoms with Crippen molar-refractivity contribution < 1.29 is 28.9 Å². The summed E-state index contributed by atoms with van der Waals surface area (Å²) in [4.78, 5) is 26.8. The van der Waals surface area contributed by atoms with Gasteiger partial charge >= 0.3 is 12.1 Å². The minimum Gasteiger partial charge on any atom is -0.496 e. The minimum absolute atomic E-state index is 0.252. The topological polar surface area (TPSA) is 107 Å². The van der Waals surface area contributed by atoms with Crippen LogP contribution in [-0.2, 0) is 16.1 Å². The van der Waals surface area contributed by atoms with E-state index in [2.05, 4.69) is 10.3 Å². The molecule has 2 rings (SSSR count). The molecule has 0 saturated heterocycles. The first-order valence-corrected chi connectivity index (χ1v) is 9.00. The van der Waals surface area contributed by atoms with E-state index in [1.165, 1.54) is 18.4 Å². The molecule has 1 heterocycles. The van der Waals surface area contributed by atoms with Crippen molar-refractivity contribution in [2.45, 2.75) is 32.9 Å². The highest BCUT2D eigenvalue weighted by molar-refractivity contribution is 7.09. The molecule has 0 saturated carbocycles. The summed E-state index contributed by atoms with van der Waals surface area (Å²) in [5, 5.41) is 13.9. The largest absolute Gasteiger partial charge is 0.496 e. The average molecular weight is 394 g/mol. The number of amides is 1. The number of aromatic nitrogens is 1. The summed E-state index contributed by atoms with van der Waals surface area (Å²) in [6, 6.07) is 5.01. The number of carboxylic acids is 1. The van der Waals surface area contributed by atoms with E-state index in [9.17, 15) is 9.59 Å². The molecule has 1 amide bonds. The van der Waals surface area contributed by atoms with Crippen molar-refractivity contribution in [3.05, 3.63) is 28.6 Å². The zero-order valence-electron chi connectivity index (χ0n) is 15.6. The molecule has 0 radical (unpaired) electrons. The van der Waals surface area contributed by atoms with Crippen molar-refractivity contribution in [2.24, 2.45) is 0 Å². The quantitative estimate of drug-likeness (QED) is 0.742. The first-order chi connectivity index (χ1) is 12.7. The first kappa shape index (κ1) is 20.5. The highest BCUT2D eigenvalue weighted by Crippen LogP contribution is 2.33. The number of carbonyl (C=O) groups is 2. The number of aliphatic carboxylic acids is 1. The molecule has 0 aliphatic rings. The van der Waals surface area contributed by atoms with Crippen molar-refractivity contribution in [3.8, 4) is 22.8 Å². The van der Waals surface area contributed by atoms with Crippen LogP contribution in [-0.4, -0.2) is 41.5 Å². The second-order valence-corrected chi connectivity index (χ2v) is 7.47. The smallest absolute Gasteiger partial charge is 0.408 e. The number of methoxy groups -OCH3 is 1. The molecule has 0 atom stereocenters. The van der Waals surface area contributed by atoms with Gasteiger partial charge in [-0.05, 0) is 32.9 Å². The highest BCUT2D eigenvalue weighted by Gasteiger charge is 2.17. The highest BCUT2D eigenvalue weighted by atomic mass is 32.1. The third-order valence-electron chi connectivity index (χ3n) is 3.15. The second kappa shape index (κ2) is 8.72. The summed E-state index contributed by atoms with van der Waals surface area (Å²) < 4.78 is 15.7. The molecule has 0 fully saturated rings. The maximum absolute atomic E-state index is 11.7. The summed E-state index contributed by atoms with van der Waals surface area (Å²) >= 11 is 1.40. The van der Waals surface area contributed by atoms with Crippen LogP contribution in [0.4, 0.5) is 4.79 Å². The fourth-order valence-electron chi connectivity index (χ4n) is 2.10. The molecule has 2 aromatic rings. The van der Waals surface area contributed by atoms with Gasteiger partial charge in [-0.15, -0.1) is 11.3 Å². The number of benzene rings is 1. The predicted molar refractivity (Wildman–Crippen MR) is 100 cm³/mol. The Morgan fingerprint density at radius 2 is 2.04 bits per heavy atom. The lowest BCUT2D eigenvalue weighted by molar-refractivity contribution is -0.139. The normalized spacial score (nSPS) is 11.0. The van der Waals surface area contributed by atoms with Crippen LogP contribution in [0, 0.1) is 0 Å². The van der Waals surface area contributed by atoms with Crippen molar-refractivity contribution in [2.75, 3.05) is 13.7 Å². The Morgan fingerprint density at radius 3 is 2.67 bits per heavy atom. The summed E-state index contributed by atoms with van der Waals surface area (Å²) in [7, 11) is 1.51. The molecule has 0 spiro atoms. The predicted octanol–water partition coefficient (Wildman–Crippen LogP) is 3.31. The lowest BCUT2D eigenvalue weighted by Gasteiger charge is -2.19. The van der Waals surface area contributed by atoms with E-state index in [4.69, 9.17) is 19.3 Å². The zero-order valence-corrected chi connectivity index (χ0v) is 16.4. The van der Waals surface area contributed by atoms with Gasteiger partial charge in [0, 0.05) is 17.0 Å². The first-order valence-electron chi connectivity index (χ1n) is 8.12. The summed E-state index contributed by atoms with van der Waals surface area (Å²) in [6.07, 6.45) is -0.503. The Kier molecular flexibility index (Phi) is 6.62. The van der Waals surface area contributed by atoms with Gasteiger partial charge in [-0.1, -0.05) is 0 Å². The summed E-state index contributed by atoms with van der Waals surface area (Å²) in [5.74, 6) is -0.158. The van der Waals surface area contributed by atoms with Gasteiger partial charge in [0.05, 0.1) is 19.3 Å².